The van der Waals surface area contributed by atoms with Gasteiger partial charge in [0, 0.05) is 18.7 Å². The van der Waals surface area contributed by atoms with Gasteiger partial charge in [0.25, 0.3) is 5.91 Å². The van der Waals surface area contributed by atoms with Crippen molar-refractivity contribution in [2.75, 3.05) is 13.1 Å². The van der Waals surface area contributed by atoms with Gasteiger partial charge in [-0.25, -0.2) is 14.1 Å². The maximum atomic E-state index is 13.4. The number of likely N-dealkylation sites (tertiary alicyclic amines) is 1. The van der Waals surface area contributed by atoms with Crippen molar-refractivity contribution < 1.29 is 14.3 Å². The first-order valence-electron chi connectivity index (χ1n) is 9.78. The number of carbonyl (C=O) groups excluding carboxylic acids is 1. The lowest BCUT2D eigenvalue weighted by molar-refractivity contribution is 0.0512. The van der Waals surface area contributed by atoms with E-state index in [1.54, 1.807) is 28.6 Å². The molecule has 0 saturated carbocycles. The number of hydrogen-bond donors (Lipinski definition) is 1. The minimum absolute atomic E-state index is 0.115. The van der Waals surface area contributed by atoms with Crippen molar-refractivity contribution in [3.63, 3.8) is 0 Å². The molecule has 6 nitrogen and oxygen atoms in total. The summed E-state index contributed by atoms with van der Waals surface area (Å²) in [6, 6.07) is 15.4. The standard InChI is InChI=1S/C22H23FN4O2/c1-15(28)16-11-13-26(14-12-16)22(29)20-24-21(17-5-3-2-4-6-17)27(25-20)19-9-7-18(23)8-10-19/h2-10,15-16,28H,11-14H2,1H3/t15-/m1/s1. The third-order valence-electron chi connectivity index (χ3n) is 5.41. The van der Waals surface area contributed by atoms with Gasteiger partial charge in [-0.15, -0.1) is 5.10 Å². The molecular formula is C22H23FN4O2. The molecule has 1 fully saturated rings. The van der Waals surface area contributed by atoms with Crippen molar-refractivity contribution in [2.24, 2.45) is 5.92 Å². The number of aliphatic hydroxyl groups is 1. The molecule has 0 spiro atoms. The fraction of sp³-hybridized carbons (Fsp3) is 0.318. The molecule has 1 N–H and O–H groups in total. The van der Waals surface area contributed by atoms with Crippen LogP contribution in [-0.4, -0.2) is 49.9 Å². The van der Waals surface area contributed by atoms with Crippen LogP contribution in [0, 0.1) is 11.7 Å². The van der Waals surface area contributed by atoms with E-state index in [2.05, 4.69) is 10.1 Å². The predicted molar refractivity (Wildman–Crippen MR) is 107 cm³/mol. The molecular weight excluding hydrogens is 371 g/mol. The van der Waals surface area contributed by atoms with Crippen LogP contribution in [0.25, 0.3) is 17.1 Å². The summed E-state index contributed by atoms with van der Waals surface area (Å²) in [6.07, 6.45) is 1.15. The number of halogens is 1. The molecule has 2 aromatic carbocycles. The zero-order valence-corrected chi connectivity index (χ0v) is 16.2. The molecule has 150 valence electrons. The van der Waals surface area contributed by atoms with E-state index in [4.69, 9.17) is 0 Å². The Morgan fingerprint density at radius 2 is 1.76 bits per heavy atom. The van der Waals surface area contributed by atoms with Gasteiger partial charge < -0.3 is 10.0 Å². The van der Waals surface area contributed by atoms with E-state index < -0.39 is 0 Å². The minimum Gasteiger partial charge on any atom is -0.393 e. The number of piperidine rings is 1. The first-order valence-corrected chi connectivity index (χ1v) is 9.78. The minimum atomic E-state index is -0.368. The highest BCUT2D eigenvalue weighted by molar-refractivity contribution is 5.91. The summed E-state index contributed by atoms with van der Waals surface area (Å²) in [5.74, 6) is 0.284. The highest BCUT2D eigenvalue weighted by Crippen LogP contribution is 2.24. The smallest absolute Gasteiger partial charge is 0.293 e. The van der Waals surface area contributed by atoms with Gasteiger partial charge in [0.2, 0.25) is 5.82 Å². The highest BCUT2D eigenvalue weighted by atomic mass is 19.1. The van der Waals surface area contributed by atoms with Crippen LogP contribution >= 0.6 is 0 Å². The van der Waals surface area contributed by atoms with Crippen molar-refractivity contribution >= 4 is 5.91 Å². The van der Waals surface area contributed by atoms with E-state index >= 15 is 0 Å². The lowest BCUT2D eigenvalue weighted by Crippen LogP contribution is -2.41. The van der Waals surface area contributed by atoms with Crippen molar-refractivity contribution in [1.82, 2.24) is 19.7 Å². The molecule has 1 saturated heterocycles. The van der Waals surface area contributed by atoms with E-state index in [0.717, 1.165) is 18.4 Å². The van der Waals surface area contributed by atoms with E-state index in [0.29, 0.717) is 24.6 Å². The molecule has 29 heavy (non-hydrogen) atoms. The van der Waals surface area contributed by atoms with Crippen molar-refractivity contribution in [1.29, 1.82) is 0 Å². The maximum absolute atomic E-state index is 13.4. The molecule has 1 aliphatic rings. The number of aliphatic hydroxyl groups excluding tert-OH is 1. The fourth-order valence-corrected chi connectivity index (χ4v) is 3.67. The van der Waals surface area contributed by atoms with Crippen LogP contribution in [-0.2, 0) is 0 Å². The molecule has 0 unspecified atom stereocenters. The number of carbonyl (C=O) groups is 1. The van der Waals surface area contributed by atoms with Gasteiger partial charge in [-0.2, -0.15) is 0 Å². The van der Waals surface area contributed by atoms with Crippen LogP contribution in [0.4, 0.5) is 4.39 Å². The Labute approximate surface area is 168 Å². The van der Waals surface area contributed by atoms with E-state index in [1.807, 2.05) is 30.3 Å². The van der Waals surface area contributed by atoms with Gasteiger partial charge in [0.1, 0.15) is 5.82 Å². The molecule has 4 rings (SSSR count). The van der Waals surface area contributed by atoms with E-state index in [1.165, 1.54) is 12.1 Å². The lowest BCUT2D eigenvalue weighted by Gasteiger charge is -2.32. The summed E-state index contributed by atoms with van der Waals surface area (Å²) in [4.78, 5) is 19.3. The second kappa shape index (κ2) is 8.13. The molecule has 0 radical (unpaired) electrons. The third kappa shape index (κ3) is 4.05. The van der Waals surface area contributed by atoms with Crippen LogP contribution in [0.2, 0.25) is 0 Å². The Morgan fingerprint density at radius 1 is 1.10 bits per heavy atom. The number of hydrogen-bond acceptors (Lipinski definition) is 4. The summed E-state index contributed by atoms with van der Waals surface area (Å²) in [7, 11) is 0. The second-order valence-electron chi connectivity index (χ2n) is 7.38. The highest BCUT2D eigenvalue weighted by Gasteiger charge is 2.29. The average molecular weight is 394 g/mol. The molecule has 0 aliphatic carbocycles. The Bertz CT molecular complexity index is 978. The molecule has 2 heterocycles. The number of benzene rings is 2. The quantitative estimate of drug-likeness (QED) is 0.737. The maximum Gasteiger partial charge on any atom is 0.293 e. The summed E-state index contributed by atoms with van der Waals surface area (Å²) < 4.78 is 14.9. The van der Waals surface area contributed by atoms with Crippen LogP contribution < -0.4 is 0 Å². The van der Waals surface area contributed by atoms with Gasteiger partial charge in [-0.05, 0) is 49.9 Å². The van der Waals surface area contributed by atoms with Crippen LogP contribution in [0.15, 0.2) is 54.6 Å². The Balaban J connectivity index is 1.66. The summed E-state index contributed by atoms with van der Waals surface area (Å²) in [6.45, 7) is 2.93. The van der Waals surface area contributed by atoms with Crippen LogP contribution in [0.5, 0.6) is 0 Å². The zero-order valence-electron chi connectivity index (χ0n) is 16.2. The Kier molecular flexibility index (Phi) is 5.40. The van der Waals surface area contributed by atoms with Gasteiger partial charge in [-0.3, -0.25) is 4.79 Å². The Hall–Kier alpha value is -3.06. The number of nitrogens with zero attached hydrogens (tertiary/aromatic N) is 4. The summed E-state index contributed by atoms with van der Waals surface area (Å²) in [5.41, 5.74) is 1.45. The number of aromatic nitrogens is 3. The molecule has 3 aromatic rings. The van der Waals surface area contributed by atoms with Crippen LogP contribution in [0.3, 0.4) is 0 Å². The zero-order chi connectivity index (χ0) is 20.4. The fourth-order valence-electron chi connectivity index (χ4n) is 3.67. The number of amides is 1. The Morgan fingerprint density at radius 3 is 2.38 bits per heavy atom. The number of rotatable bonds is 4. The van der Waals surface area contributed by atoms with Crippen LogP contribution in [0.1, 0.15) is 30.4 Å². The molecule has 1 aromatic heterocycles. The lowest BCUT2D eigenvalue weighted by atomic mass is 9.92. The summed E-state index contributed by atoms with van der Waals surface area (Å²) >= 11 is 0. The average Bonchev–Trinajstić information content (AvgIpc) is 3.20. The van der Waals surface area contributed by atoms with Gasteiger partial charge in [0.05, 0.1) is 11.8 Å². The van der Waals surface area contributed by atoms with Gasteiger partial charge >= 0.3 is 0 Å². The van der Waals surface area contributed by atoms with Gasteiger partial charge in [0.15, 0.2) is 5.82 Å². The largest absolute Gasteiger partial charge is 0.393 e. The normalized spacial score (nSPS) is 16.0. The van der Waals surface area contributed by atoms with E-state index in [-0.39, 0.29) is 29.6 Å². The predicted octanol–water partition coefficient (Wildman–Crippen LogP) is 3.31. The first kappa shape index (κ1) is 19.3. The van der Waals surface area contributed by atoms with Gasteiger partial charge in [-0.1, -0.05) is 30.3 Å². The first-order chi connectivity index (χ1) is 14.0. The second-order valence-corrected chi connectivity index (χ2v) is 7.38. The van der Waals surface area contributed by atoms with E-state index in [9.17, 15) is 14.3 Å². The summed E-state index contributed by atoms with van der Waals surface area (Å²) in [5, 5.41) is 14.2. The topological polar surface area (TPSA) is 71.2 Å². The third-order valence-corrected chi connectivity index (χ3v) is 5.41. The van der Waals surface area contributed by atoms with Crippen molar-refractivity contribution in [3.05, 3.63) is 66.2 Å². The molecule has 0 bridgehead atoms. The molecule has 1 amide bonds. The molecule has 7 heteroatoms. The SMILES string of the molecule is C[C@@H](O)C1CCN(C(=O)c2nc(-c3ccccc3)n(-c3ccc(F)cc3)n2)CC1. The van der Waals surface area contributed by atoms with Crippen molar-refractivity contribution in [3.8, 4) is 17.1 Å². The molecule has 1 aliphatic heterocycles. The van der Waals surface area contributed by atoms with Crippen molar-refractivity contribution in [2.45, 2.75) is 25.9 Å². The molecule has 1 atom stereocenters. The monoisotopic (exact) mass is 394 g/mol.